The number of hydrogen-bond acceptors (Lipinski definition) is 2. The van der Waals surface area contributed by atoms with E-state index in [0.29, 0.717) is 5.57 Å². The maximum atomic E-state index is 12.0. The highest BCUT2D eigenvalue weighted by atomic mass is 19.4. The van der Waals surface area contributed by atoms with E-state index in [1.165, 1.54) is 6.08 Å². The van der Waals surface area contributed by atoms with Crippen LogP contribution in [0.4, 0.5) is 13.2 Å². The summed E-state index contributed by atoms with van der Waals surface area (Å²) in [6, 6.07) is -1.45. The molecular formula is C7H10F3NO. The van der Waals surface area contributed by atoms with Crippen LogP contribution in [-0.2, 0) is 0 Å². The van der Waals surface area contributed by atoms with Gasteiger partial charge < -0.3 is 10.4 Å². The van der Waals surface area contributed by atoms with Gasteiger partial charge in [0, 0.05) is 6.54 Å². The molecule has 1 atom stereocenters. The second-order valence-electron chi connectivity index (χ2n) is 2.73. The summed E-state index contributed by atoms with van der Waals surface area (Å²) < 4.78 is 36.1. The van der Waals surface area contributed by atoms with E-state index in [4.69, 9.17) is 5.11 Å². The number of aliphatic hydroxyl groups excluding tert-OH is 1. The normalized spacial score (nSPS) is 25.3. The van der Waals surface area contributed by atoms with E-state index in [9.17, 15) is 13.2 Å². The number of rotatable bonds is 1. The van der Waals surface area contributed by atoms with Gasteiger partial charge in [0.1, 0.15) is 6.04 Å². The molecule has 2 N–H and O–H groups in total. The fraction of sp³-hybridized carbons (Fsp3) is 0.714. The van der Waals surface area contributed by atoms with Gasteiger partial charge >= 0.3 is 6.18 Å². The zero-order valence-corrected chi connectivity index (χ0v) is 6.36. The van der Waals surface area contributed by atoms with Crippen LogP contribution in [0.1, 0.15) is 6.42 Å². The van der Waals surface area contributed by atoms with Crippen LogP contribution in [-0.4, -0.2) is 30.5 Å². The molecule has 0 aromatic carbocycles. The van der Waals surface area contributed by atoms with Crippen LogP contribution in [0.5, 0.6) is 0 Å². The van der Waals surface area contributed by atoms with E-state index < -0.39 is 12.2 Å². The van der Waals surface area contributed by atoms with Crippen LogP contribution >= 0.6 is 0 Å². The quantitative estimate of drug-likeness (QED) is 0.587. The Morgan fingerprint density at radius 3 is 2.58 bits per heavy atom. The van der Waals surface area contributed by atoms with Crippen molar-refractivity contribution in [1.29, 1.82) is 0 Å². The fourth-order valence-electron chi connectivity index (χ4n) is 1.06. The SMILES string of the molecule is OCC1=CCC(C(F)(F)F)NC1. The van der Waals surface area contributed by atoms with Crippen molar-refractivity contribution in [3.05, 3.63) is 11.6 Å². The Bertz CT molecular complexity index is 188. The third-order valence-electron chi connectivity index (χ3n) is 1.82. The van der Waals surface area contributed by atoms with Gasteiger partial charge in [-0.3, -0.25) is 0 Å². The Morgan fingerprint density at radius 1 is 1.58 bits per heavy atom. The molecule has 0 aromatic heterocycles. The summed E-state index contributed by atoms with van der Waals surface area (Å²) in [6.07, 6.45) is -2.83. The van der Waals surface area contributed by atoms with E-state index in [1.54, 1.807) is 0 Å². The lowest BCUT2D eigenvalue weighted by atomic mass is 10.1. The molecule has 70 valence electrons. The first-order valence-corrected chi connectivity index (χ1v) is 3.63. The van der Waals surface area contributed by atoms with Crippen molar-refractivity contribution >= 4 is 0 Å². The van der Waals surface area contributed by atoms with Gasteiger partial charge in [-0.15, -0.1) is 0 Å². The second kappa shape index (κ2) is 3.45. The zero-order valence-electron chi connectivity index (χ0n) is 6.36. The maximum Gasteiger partial charge on any atom is 0.404 e. The molecule has 0 spiro atoms. The van der Waals surface area contributed by atoms with Gasteiger partial charge in [0.15, 0.2) is 0 Å². The van der Waals surface area contributed by atoms with Crippen molar-refractivity contribution in [2.75, 3.05) is 13.2 Å². The molecule has 1 unspecified atom stereocenters. The monoisotopic (exact) mass is 181 g/mol. The van der Waals surface area contributed by atoms with E-state index >= 15 is 0 Å². The summed E-state index contributed by atoms with van der Waals surface area (Å²) in [5.74, 6) is 0. The first-order valence-electron chi connectivity index (χ1n) is 3.63. The molecular weight excluding hydrogens is 171 g/mol. The summed E-state index contributed by atoms with van der Waals surface area (Å²) in [7, 11) is 0. The Labute approximate surface area is 68.1 Å². The molecule has 0 saturated heterocycles. The van der Waals surface area contributed by atoms with E-state index in [2.05, 4.69) is 5.32 Å². The Balaban J connectivity index is 2.52. The minimum absolute atomic E-state index is 0.0839. The summed E-state index contributed by atoms with van der Waals surface area (Å²) in [5.41, 5.74) is 0.621. The van der Waals surface area contributed by atoms with Gasteiger partial charge in [-0.25, -0.2) is 0 Å². The predicted molar refractivity (Wildman–Crippen MR) is 37.6 cm³/mol. The molecule has 0 fully saturated rings. The summed E-state index contributed by atoms with van der Waals surface area (Å²) in [5, 5.41) is 10.9. The van der Waals surface area contributed by atoms with Gasteiger partial charge in [0.2, 0.25) is 0 Å². The maximum absolute atomic E-state index is 12.0. The zero-order chi connectivity index (χ0) is 9.19. The van der Waals surface area contributed by atoms with Gasteiger partial charge in [-0.05, 0) is 12.0 Å². The Hall–Kier alpha value is -0.550. The number of halogens is 3. The Kier molecular flexibility index (Phi) is 2.74. The van der Waals surface area contributed by atoms with Gasteiger partial charge in [-0.1, -0.05) is 6.08 Å². The lowest BCUT2D eigenvalue weighted by molar-refractivity contribution is -0.155. The molecule has 12 heavy (non-hydrogen) atoms. The largest absolute Gasteiger partial charge is 0.404 e. The first kappa shape index (κ1) is 9.54. The molecule has 0 aliphatic carbocycles. The lowest BCUT2D eigenvalue weighted by Gasteiger charge is -2.24. The van der Waals surface area contributed by atoms with Crippen molar-refractivity contribution < 1.29 is 18.3 Å². The molecule has 1 heterocycles. The molecule has 0 amide bonds. The second-order valence-corrected chi connectivity index (χ2v) is 2.73. The van der Waals surface area contributed by atoms with Crippen molar-refractivity contribution in [2.24, 2.45) is 0 Å². The number of nitrogens with one attached hydrogen (secondary N) is 1. The van der Waals surface area contributed by atoms with Crippen LogP contribution in [0.15, 0.2) is 11.6 Å². The molecule has 5 heteroatoms. The molecule has 1 aliphatic rings. The van der Waals surface area contributed by atoms with Gasteiger partial charge in [0.05, 0.1) is 6.61 Å². The van der Waals surface area contributed by atoms with Crippen LogP contribution in [0.2, 0.25) is 0 Å². The average molecular weight is 181 g/mol. The molecule has 0 saturated carbocycles. The van der Waals surface area contributed by atoms with Crippen molar-refractivity contribution in [3.8, 4) is 0 Å². The highest BCUT2D eigenvalue weighted by Crippen LogP contribution is 2.24. The van der Waals surface area contributed by atoms with Crippen LogP contribution in [0, 0.1) is 0 Å². The predicted octanol–water partition coefficient (Wildman–Crippen LogP) is 0.829. The topological polar surface area (TPSA) is 32.3 Å². The first-order chi connectivity index (χ1) is 5.54. The number of aliphatic hydroxyl groups is 1. The van der Waals surface area contributed by atoms with E-state index in [-0.39, 0.29) is 19.6 Å². The molecule has 1 rings (SSSR count). The van der Waals surface area contributed by atoms with Crippen molar-refractivity contribution in [1.82, 2.24) is 5.32 Å². The molecule has 0 aromatic rings. The Morgan fingerprint density at radius 2 is 2.25 bits per heavy atom. The number of alkyl halides is 3. The number of hydrogen-bond donors (Lipinski definition) is 2. The van der Waals surface area contributed by atoms with Crippen LogP contribution in [0.3, 0.4) is 0 Å². The van der Waals surface area contributed by atoms with Gasteiger partial charge in [-0.2, -0.15) is 13.2 Å². The highest BCUT2D eigenvalue weighted by Gasteiger charge is 2.39. The molecule has 1 aliphatic heterocycles. The van der Waals surface area contributed by atoms with E-state index in [0.717, 1.165) is 0 Å². The third-order valence-corrected chi connectivity index (χ3v) is 1.82. The van der Waals surface area contributed by atoms with Crippen molar-refractivity contribution in [2.45, 2.75) is 18.6 Å². The molecule has 0 bridgehead atoms. The van der Waals surface area contributed by atoms with Crippen LogP contribution in [0.25, 0.3) is 0 Å². The smallest absolute Gasteiger partial charge is 0.392 e. The minimum Gasteiger partial charge on any atom is -0.392 e. The third kappa shape index (κ3) is 2.22. The van der Waals surface area contributed by atoms with Crippen molar-refractivity contribution in [3.63, 3.8) is 0 Å². The average Bonchev–Trinajstić information content (AvgIpc) is 2.03. The molecule has 2 nitrogen and oxygen atoms in total. The fourth-order valence-corrected chi connectivity index (χ4v) is 1.06. The van der Waals surface area contributed by atoms with Crippen LogP contribution < -0.4 is 5.32 Å². The summed E-state index contributed by atoms with van der Waals surface area (Å²) in [4.78, 5) is 0. The lowest BCUT2D eigenvalue weighted by Crippen LogP contribution is -2.45. The summed E-state index contributed by atoms with van der Waals surface area (Å²) in [6.45, 7) is -0.0434. The van der Waals surface area contributed by atoms with E-state index in [1.807, 2.05) is 0 Å². The summed E-state index contributed by atoms with van der Waals surface area (Å²) >= 11 is 0. The van der Waals surface area contributed by atoms with Gasteiger partial charge in [0.25, 0.3) is 0 Å². The minimum atomic E-state index is -4.18. The molecule has 0 radical (unpaired) electrons. The highest BCUT2D eigenvalue weighted by molar-refractivity contribution is 5.10. The standard InChI is InChI=1S/C7H10F3NO/c8-7(9,10)6-2-1-5(4-12)3-11-6/h1,6,11-12H,2-4H2.